The van der Waals surface area contributed by atoms with E-state index in [0.29, 0.717) is 31.1 Å². The third kappa shape index (κ3) is 3.96. The van der Waals surface area contributed by atoms with Crippen LogP contribution in [0.3, 0.4) is 0 Å². The van der Waals surface area contributed by atoms with E-state index in [9.17, 15) is 4.79 Å². The van der Waals surface area contributed by atoms with Gasteiger partial charge in [0.25, 0.3) is 0 Å². The first kappa shape index (κ1) is 13.9. The molecular weight excluding hydrogens is 244 g/mol. The molecule has 4 nitrogen and oxygen atoms in total. The van der Waals surface area contributed by atoms with Gasteiger partial charge in [-0.15, -0.1) is 0 Å². The van der Waals surface area contributed by atoms with Crippen molar-refractivity contribution in [3.63, 3.8) is 0 Å². The van der Waals surface area contributed by atoms with Gasteiger partial charge in [0.05, 0.1) is 25.4 Å². The summed E-state index contributed by atoms with van der Waals surface area (Å²) in [5.41, 5.74) is 0.565. The third-order valence-corrected chi connectivity index (χ3v) is 3.05. The second-order valence-corrected chi connectivity index (χ2v) is 4.60. The molecule has 0 amide bonds. The van der Waals surface area contributed by atoms with Crippen molar-refractivity contribution in [2.45, 2.75) is 32.3 Å². The molecule has 0 spiro atoms. The molecule has 4 heteroatoms. The van der Waals surface area contributed by atoms with Crippen LogP contribution in [0.25, 0.3) is 0 Å². The number of rotatable bonds is 6. The van der Waals surface area contributed by atoms with Crippen molar-refractivity contribution in [2.24, 2.45) is 0 Å². The molecule has 0 aromatic heterocycles. The Balaban J connectivity index is 2.08. The largest absolute Gasteiger partial charge is 0.493 e. The first-order valence-corrected chi connectivity index (χ1v) is 6.80. The van der Waals surface area contributed by atoms with Crippen LogP contribution in [-0.4, -0.2) is 32.2 Å². The molecule has 0 radical (unpaired) electrons. The lowest BCUT2D eigenvalue weighted by molar-refractivity contribution is 0.0252. The summed E-state index contributed by atoms with van der Waals surface area (Å²) in [6, 6.07) is 5.34. The van der Waals surface area contributed by atoms with E-state index in [1.807, 2.05) is 0 Å². The van der Waals surface area contributed by atoms with E-state index in [1.54, 1.807) is 18.2 Å². The van der Waals surface area contributed by atoms with E-state index >= 15 is 0 Å². The van der Waals surface area contributed by atoms with Gasteiger partial charge in [0.2, 0.25) is 0 Å². The van der Waals surface area contributed by atoms with Gasteiger partial charge in [-0.3, -0.25) is 4.79 Å². The van der Waals surface area contributed by atoms with Gasteiger partial charge in [-0.05, 0) is 18.6 Å². The lowest BCUT2D eigenvalue weighted by Crippen LogP contribution is -2.26. The number of benzene rings is 1. The summed E-state index contributed by atoms with van der Waals surface area (Å²) in [6.45, 7) is 4.15. The van der Waals surface area contributed by atoms with Gasteiger partial charge in [0.15, 0.2) is 6.29 Å². The highest BCUT2D eigenvalue weighted by atomic mass is 16.5. The normalized spacial score (nSPS) is 16.1. The van der Waals surface area contributed by atoms with Gasteiger partial charge in [0.1, 0.15) is 17.6 Å². The minimum absolute atomic E-state index is 0.119. The fourth-order valence-corrected chi connectivity index (χ4v) is 2.00. The van der Waals surface area contributed by atoms with Crippen LogP contribution >= 0.6 is 0 Å². The van der Waals surface area contributed by atoms with Crippen LogP contribution in [0.2, 0.25) is 0 Å². The SMILES string of the molecule is CCCOc1ccc(C=O)c(OC2CCOCC2)c1. The van der Waals surface area contributed by atoms with Crippen molar-refractivity contribution in [3.05, 3.63) is 23.8 Å². The monoisotopic (exact) mass is 264 g/mol. The predicted octanol–water partition coefficient (Wildman–Crippen LogP) is 2.85. The molecule has 2 rings (SSSR count). The zero-order valence-electron chi connectivity index (χ0n) is 11.3. The number of hydrogen-bond donors (Lipinski definition) is 0. The summed E-state index contributed by atoms with van der Waals surface area (Å²) in [5.74, 6) is 1.35. The lowest BCUT2D eigenvalue weighted by Gasteiger charge is -2.24. The average molecular weight is 264 g/mol. The van der Waals surface area contributed by atoms with Crippen LogP contribution in [0, 0.1) is 0 Å². The van der Waals surface area contributed by atoms with Crippen molar-refractivity contribution in [1.29, 1.82) is 0 Å². The second-order valence-electron chi connectivity index (χ2n) is 4.60. The molecule has 19 heavy (non-hydrogen) atoms. The fourth-order valence-electron chi connectivity index (χ4n) is 2.00. The molecule has 1 saturated heterocycles. The predicted molar refractivity (Wildman–Crippen MR) is 72.1 cm³/mol. The van der Waals surface area contributed by atoms with Crippen LogP contribution in [0.4, 0.5) is 0 Å². The molecule has 0 unspecified atom stereocenters. The van der Waals surface area contributed by atoms with Gasteiger partial charge in [-0.25, -0.2) is 0 Å². The van der Waals surface area contributed by atoms with E-state index in [2.05, 4.69) is 6.92 Å². The third-order valence-electron chi connectivity index (χ3n) is 3.05. The van der Waals surface area contributed by atoms with Crippen molar-refractivity contribution in [2.75, 3.05) is 19.8 Å². The first-order valence-electron chi connectivity index (χ1n) is 6.80. The average Bonchev–Trinajstić information content (AvgIpc) is 2.46. The van der Waals surface area contributed by atoms with E-state index in [0.717, 1.165) is 31.3 Å². The molecule has 1 fully saturated rings. The fraction of sp³-hybridized carbons (Fsp3) is 0.533. The minimum Gasteiger partial charge on any atom is -0.493 e. The number of hydrogen-bond acceptors (Lipinski definition) is 4. The molecule has 1 aromatic rings. The number of aldehydes is 1. The van der Waals surface area contributed by atoms with Gasteiger partial charge in [-0.2, -0.15) is 0 Å². The molecule has 0 saturated carbocycles. The molecule has 1 aliphatic heterocycles. The van der Waals surface area contributed by atoms with Gasteiger partial charge in [0, 0.05) is 18.9 Å². The van der Waals surface area contributed by atoms with Crippen LogP contribution < -0.4 is 9.47 Å². The maximum absolute atomic E-state index is 11.0. The highest BCUT2D eigenvalue weighted by Crippen LogP contribution is 2.26. The Labute approximate surface area is 113 Å². The summed E-state index contributed by atoms with van der Waals surface area (Å²) < 4.78 is 16.8. The van der Waals surface area contributed by atoms with Gasteiger partial charge in [-0.1, -0.05) is 6.92 Å². The summed E-state index contributed by atoms with van der Waals surface area (Å²) in [7, 11) is 0. The highest BCUT2D eigenvalue weighted by Gasteiger charge is 2.17. The van der Waals surface area contributed by atoms with Crippen molar-refractivity contribution >= 4 is 6.29 Å². The maximum Gasteiger partial charge on any atom is 0.153 e. The zero-order chi connectivity index (χ0) is 13.5. The first-order chi connectivity index (χ1) is 9.33. The van der Waals surface area contributed by atoms with E-state index < -0.39 is 0 Å². The van der Waals surface area contributed by atoms with Crippen molar-refractivity contribution in [1.82, 2.24) is 0 Å². The zero-order valence-corrected chi connectivity index (χ0v) is 11.3. The molecule has 1 aliphatic rings. The minimum atomic E-state index is 0.119. The Hall–Kier alpha value is -1.55. The molecule has 0 N–H and O–H groups in total. The summed E-state index contributed by atoms with van der Waals surface area (Å²) in [4.78, 5) is 11.0. The van der Waals surface area contributed by atoms with Crippen molar-refractivity contribution in [3.8, 4) is 11.5 Å². The van der Waals surface area contributed by atoms with Crippen LogP contribution in [-0.2, 0) is 4.74 Å². The topological polar surface area (TPSA) is 44.8 Å². The van der Waals surface area contributed by atoms with E-state index in [4.69, 9.17) is 14.2 Å². The number of ether oxygens (including phenoxy) is 3. The molecule has 1 aromatic carbocycles. The summed E-state index contributed by atoms with van der Waals surface area (Å²) in [5, 5.41) is 0. The Kier molecular flexibility index (Phi) is 5.21. The molecule has 1 heterocycles. The van der Waals surface area contributed by atoms with E-state index in [-0.39, 0.29) is 6.10 Å². The summed E-state index contributed by atoms with van der Waals surface area (Å²) in [6.07, 6.45) is 3.61. The van der Waals surface area contributed by atoms with Crippen LogP contribution in [0.15, 0.2) is 18.2 Å². The van der Waals surface area contributed by atoms with Crippen molar-refractivity contribution < 1.29 is 19.0 Å². The van der Waals surface area contributed by atoms with E-state index in [1.165, 1.54) is 0 Å². The molecular formula is C15H20O4. The van der Waals surface area contributed by atoms with Crippen LogP contribution in [0.5, 0.6) is 11.5 Å². The van der Waals surface area contributed by atoms with Gasteiger partial charge < -0.3 is 14.2 Å². The Morgan fingerprint density at radius 3 is 2.84 bits per heavy atom. The maximum atomic E-state index is 11.0. The molecule has 0 aliphatic carbocycles. The van der Waals surface area contributed by atoms with Gasteiger partial charge >= 0.3 is 0 Å². The second kappa shape index (κ2) is 7.14. The standard InChI is InChI=1S/C15H20O4/c1-2-7-18-14-4-3-12(11-16)15(10-14)19-13-5-8-17-9-6-13/h3-4,10-11,13H,2,5-9H2,1H3. The molecule has 104 valence electrons. The number of carbonyl (C=O) groups excluding carboxylic acids is 1. The lowest BCUT2D eigenvalue weighted by atomic mass is 10.1. The Morgan fingerprint density at radius 1 is 1.37 bits per heavy atom. The number of carbonyl (C=O) groups is 1. The Morgan fingerprint density at radius 2 is 2.16 bits per heavy atom. The quantitative estimate of drug-likeness (QED) is 0.741. The van der Waals surface area contributed by atoms with Crippen LogP contribution in [0.1, 0.15) is 36.5 Å². The summed E-state index contributed by atoms with van der Waals surface area (Å²) >= 11 is 0. The molecule has 0 bridgehead atoms. The Bertz CT molecular complexity index is 411. The smallest absolute Gasteiger partial charge is 0.153 e. The molecule has 0 atom stereocenters. The highest BCUT2D eigenvalue weighted by molar-refractivity contribution is 5.79.